The number of para-hydroxylation sites is 1. The molecule has 1 aromatic carbocycles. The quantitative estimate of drug-likeness (QED) is 0.800. The summed E-state index contributed by atoms with van der Waals surface area (Å²) in [6.07, 6.45) is 0.292. The van der Waals surface area contributed by atoms with Crippen molar-refractivity contribution in [3.63, 3.8) is 0 Å². The third-order valence-electron chi connectivity index (χ3n) is 3.19. The highest BCUT2D eigenvalue weighted by molar-refractivity contribution is 6.64. The molecule has 102 valence electrons. The molecule has 0 amide bonds. The minimum absolute atomic E-state index is 0.0291. The molecule has 0 saturated heterocycles. The van der Waals surface area contributed by atoms with E-state index in [0.29, 0.717) is 5.56 Å². The molecule has 1 saturated carbocycles. The molecule has 1 fully saturated rings. The minimum Gasteiger partial charge on any atom is -0.435 e. The zero-order chi connectivity index (χ0) is 14.0. The molecule has 1 aliphatic carbocycles. The fourth-order valence-electron chi connectivity index (χ4n) is 2.33. The molecular formula is C13H11ClF2O3. The molecule has 0 heterocycles. The van der Waals surface area contributed by atoms with Crippen LogP contribution in [0.15, 0.2) is 24.3 Å². The summed E-state index contributed by atoms with van der Waals surface area (Å²) in [4.78, 5) is 23.0. The van der Waals surface area contributed by atoms with Gasteiger partial charge in [0, 0.05) is 23.8 Å². The van der Waals surface area contributed by atoms with Crippen LogP contribution in [0.25, 0.3) is 0 Å². The van der Waals surface area contributed by atoms with Crippen LogP contribution in [0.2, 0.25) is 0 Å². The number of rotatable bonds is 4. The van der Waals surface area contributed by atoms with E-state index in [1.165, 1.54) is 6.07 Å². The Bertz CT molecular complexity index is 504. The summed E-state index contributed by atoms with van der Waals surface area (Å²) in [5.74, 6) is -1.36. The van der Waals surface area contributed by atoms with Crippen LogP contribution in [0.1, 0.15) is 24.3 Å². The van der Waals surface area contributed by atoms with Crippen molar-refractivity contribution in [3.05, 3.63) is 29.8 Å². The van der Waals surface area contributed by atoms with Gasteiger partial charge in [-0.1, -0.05) is 18.2 Å². The smallest absolute Gasteiger partial charge is 0.387 e. The Labute approximate surface area is 113 Å². The Kier molecular flexibility index (Phi) is 4.14. The normalized spacial score (nSPS) is 22.8. The van der Waals surface area contributed by atoms with E-state index in [0.717, 1.165) is 0 Å². The van der Waals surface area contributed by atoms with E-state index < -0.39 is 23.7 Å². The molecule has 1 aliphatic rings. The summed E-state index contributed by atoms with van der Waals surface area (Å²) >= 11 is 5.38. The molecule has 0 N–H and O–H groups in total. The van der Waals surface area contributed by atoms with Crippen LogP contribution in [0.5, 0.6) is 5.75 Å². The summed E-state index contributed by atoms with van der Waals surface area (Å²) in [5, 5.41) is -0.567. The molecule has 2 rings (SSSR count). The van der Waals surface area contributed by atoms with Gasteiger partial charge in [-0.15, -0.1) is 0 Å². The number of ketones is 1. The molecule has 1 aromatic rings. The van der Waals surface area contributed by atoms with Gasteiger partial charge in [-0.2, -0.15) is 8.78 Å². The Balaban J connectivity index is 2.27. The summed E-state index contributed by atoms with van der Waals surface area (Å²) in [5.41, 5.74) is 0.383. The van der Waals surface area contributed by atoms with Crippen molar-refractivity contribution >= 4 is 22.6 Å². The highest BCUT2D eigenvalue weighted by atomic mass is 35.5. The van der Waals surface area contributed by atoms with Gasteiger partial charge in [-0.25, -0.2) is 0 Å². The SMILES string of the molecule is O=C(Cl)C1CC(=O)C(c2ccccc2OC(F)F)C1. The molecule has 19 heavy (non-hydrogen) atoms. The first kappa shape index (κ1) is 13.9. The first-order chi connectivity index (χ1) is 8.99. The van der Waals surface area contributed by atoms with Crippen molar-refractivity contribution in [1.29, 1.82) is 0 Å². The van der Waals surface area contributed by atoms with Gasteiger partial charge >= 0.3 is 6.61 Å². The van der Waals surface area contributed by atoms with Gasteiger partial charge in [0.05, 0.1) is 0 Å². The molecule has 2 atom stereocenters. The summed E-state index contributed by atoms with van der Waals surface area (Å²) in [7, 11) is 0. The molecule has 0 radical (unpaired) electrons. The van der Waals surface area contributed by atoms with Crippen LogP contribution in [0.3, 0.4) is 0 Å². The third kappa shape index (κ3) is 3.10. The van der Waals surface area contributed by atoms with Crippen LogP contribution in [-0.2, 0) is 9.59 Å². The average Bonchev–Trinajstić information content (AvgIpc) is 2.71. The second-order valence-electron chi connectivity index (χ2n) is 4.38. The first-order valence-corrected chi connectivity index (χ1v) is 6.12. The monoisotopic (exact) mass is 288 g/mol. The van der Waals surface area contributed by atoms with E-state index in [2.05, 4.69) is 4.74 Å². The predicted octanol–water partition coefficient (Wildman–Crippen LogP) is 3.12. The number of benzene rings is 1. The lowest BCUT2D eigenvalue weighted by molar-refractivity contribution is -0.121. The lowest BCUT2D eigenvalue weighted by atomic mass is 9.95. The van der Waals surface area contributed by atoms with Gasteiger partial charge in [0.15, 0.2) is 0 Å². The zero-order valence-electron chi connectivity index (χ0n) is 9.81. The molecule has 0 spiro atoms. The molecule has 3 nitrogen and oxygen atoms in total. The van der Waals surface area contributed by atoms with Gasteiger partial charge in [0.25, 0.3) is 0 Å². The van der Waals surface area contributed by atoms with E-state index >= 15 is 0 Å². The number of carbonyl (C=O) groups excluding carboxylic acids is 2. The lowest BCUT2D eigenvalue weighted by Crippen LogP contribution is -2.09. The van der Waals surface area contributed by atoms with Crippen molar-refractivity contribution in [2.75, 3.05) is 0 Å². The average molecular weight is 289 g/mol. The largest absolute Gasteiger partial charge is 0.435 e. The maximum Gasteiger partial charge on any atom is 0.387 e. The summed E-state index contributed by atoms with van der Waals surface area (Å²) < 4.78 is 29.0. The van der Waals surface area contributed by atoms with Crippen LogP contribution < -0.4 is 4.74 Å². The fourth-order valence-corrected chi connectivity index (χ4v) is 2.50. The molecular weight excluding hydrogens is 278 g/mol. The highest BCUT2D eigenvalue weighted by Gasteiger charge is 2.38. The van der Waals surface area contributed by atoms with Crippen LogP contribution in [0.4, 0.5) is 8.78 Å². The van der Waals surface area contributed by atoms with E-state index in [1.54, 1.807) is 18.2 Å². The maximum absolute atomic E-state index is 12.3. The Morgan fingerprint density at radius 1 is 1.37 bits per heavy atom. The van der Waals surface area contributed by atoms with Gasteiger partial charge in [0.2, 0.25) is 5.24 Å². The molecule has 0 bridgehead atoms. The third-order valence-corrected chi connectivity index (χ3v) is 3.50. The number of halogens is 3. The number of hydrogen-bond acceptors (Lipinski definition) is 3. The van der Waals surface area contributed by atoms with Crippen molar-refractivity contribution < 1.29 is 23.1 Å². The van der Waals surface area contributed by atoms with Crippen molar-refractivity contribution in [1.82, 2.24) is 0 Å². The summed E-state index contributed by atoms with van der Waals surface area (Å²) in [6.45, 7) is -2.96. The Morgan fingerprint density at radius 3 is 2.63 bits per heavy atom. The Hall–Kier alpha value is -1.49. The van der Waals surface area contributed by atoms with E-state index in [9.17, 15) is 18.4 Å². The van der Waals surface area contributed by atoms with Crippen molar-refractivity contribution in [2.24, 2.45) is 5.92 Å². The number of carbonyl (C=O) groups is 2. The van der Waals surface area contributed by atoms with E-state index in [-0.39, 0.29) is 24.4 Å². The molecule has 0 aromatic heterocycles. The van der Waals surface area contributed by atoms with E-state index in [1.807, 2.05) is 0 Å². The molecule has 2 unspecified atom stereocenters. The van der Waals surface area contributed by atoms with Crippen molar-refractivity contribution in [2.45, 2.75) is 25.4 Å². The lowest BCUT2D eigenvalue weighted by Gasteiger charge is -2.14. The highest BCUT2D eigenvalue weighted by Crippen LogP contribution is 2.40. The standard InChI is InChI=1S/C13H11ClF2O3/c14-12(18)7-5-9(10(17)6-7)8-3-1-2-4-11(8)19-13(15)16/h1-4,7,9,13H,5-6H2. The van der Waals surface area contributed by atoms with E-state index in [4.69, 9.17) is 11.6 Å². The van der Waals surface area contributed by atoms with Gasteiger partial charge < -0.3 is 4.74 Å². The number of alkyl halides is 2. The second kappa shape index (κ2) is 5.65. The first-order valence-electron chi connectivity index (χ1n) is 5.75. The van der Waals surface area contributed by atoms with Crippen LogP contribution in [-0.4, -0.2) is 17.6 Å². The fraction of sp³-hybridized carbons (Fsp3) is 0.385. The second-order valence-corrected chi connectivity index (χ2v) is 4.75. The van der Waals surface area contributed by atoms with Crippen LogP contribution >= 0.6 is 11.6 Å². The topological polar surface area (TPSA) is 43.4 Å². The molecule has 6 heteroatoms. The molecule has 0 aliphatic heterocycles. The van der Waals surface area contributed by atoms with Gasteiger partial charge in [0.1, 0.15) is 11.5 Å². The van der Waals surface area contributed by atoms with Gasteiger partial charge in [-0.3, -0.25) is 9.59 Å². The number of Topliss-reactive ketones (excluding diaryl/α,β-unsaturated/α-hetero) is 1. The number of hydrogen-bond donors (Lipinski definition) is 0. The predicted molar refractivity (Wildman–Crippen MR) is 64.4 cm³/mol. The number of ether oxygens (including phenoxy) is 1. The Morgan fingerprint density at radius 2 is 2.05 bits per heavy atom. The van der Waals surface area contributed by atoms with Crippen molar-refractivity contribution in [3.8, 4) is 5.75 Å². The zero-order valence-corrected chi connectivity index (χ0v) is 10.6. The van der Waals surface area contributed by atoms with Gasteiger partial charge in [-0.05, 0) is 24.1 Å². The minimum atomic E-state index is -2.96. The maximum atomic E-state index is 12.3. The summed E-state index contributed by atoms with van der Waals surface area (Å²) in [6, 6.07) is 6.12. The van der Waals surface area contributed by atoms with Crippen LogP contribution in [0, 0.1) is 5.92 Å².